The van der Waals surface area contributed by atoms with E-state index in [1.807, 2.05) is 0 Å². The zero-order valence-electron chi connectivity index (χ0n) is 18.4. The fourth-order valence-corrected chi connectivity index (χ4v) is 6.29. The molecule has 0 saturated carbocycles. The number of nitrogens with zero attached hydrogens (tertiary/aromatic N) is 1. The number of anilines is 2. The van der Waals surface area contributed by atoms with Crippen molar-refractivity contribution in [1.29, 1.82) is 0 Å². The molecule has 0 saturated heterocycles. The fraction of sp³-hybridized carbons (Fsp3) is 0.286. The molecule has 2 heterocycles. The highest BCUT2D eigenvalue weighted by Gasteiger charge is 2.31. The second kappa shape index (κ2) is 9.24. The van der Waals surface area contributed by atoms with Crippen molar-refractivity contribution in [2.24, 2.45) is 0 Å². The molecule has 0 aliphatic rings. The summed E-state index contributed by atoms with van der Waals surface area (Å²) in [7, 11) is -4.29. The molecular weight excluding hydrogens is 493 g/mol. The Hall–Kier alpha value is -2.76. The number of thiophene rings is 1. The number of nitrogens with one attached hydrogen (secondary N) is 2. The lowest BCUT2D eigenvalue weighted by Crippen LogP contribution is -2.21. The molecule has 33 heavy (non-hydrogen) atoms. The average molecular weight is 514 g/mol. The van der Waals surface area contributed by atoms with Crippen molar-refractivity contribution >= 4 is 56.2 Å². The molecule has 3 rings (SSSR count). The first kappa shape index (κ1) is 24.9. The molecule has 0 radical (unpaired) electrons. The summed E-state index contributed by atoms with van der Waals surface area (Å²) in [5.74, 6) is -1.81. The number of aromatic nitrogens is 1. The Morgan fingerprint density at radius 2 is 1.85 bits per heavy atom. The number of aryl methyl sites for hydroxylation is 4. The van der Waals surface area contributed by atoms with Crippen LogP contribution in [0.3, 0.4) is 0 Å². The monoisotopic (exact) mass is 513 g/mol. The van der Waals surface area contributed by atoms with Gasteiger partial charge < -0.3 is 9.84 Å². The van der Waals surface area contributed by atoms with Gasteiger partial charge in [0.25, 0.3) is 21.8 Å². The van der Waals surface area contributed by atoms with Gasteiger partial charge in [0.15, 0.2) is 12.5 Å². The van der Waals surface area contributed by atoms with Crippen LogP contribution in [0.15, 0.2) is 21.6 Å². The number of halogens is 2. The molecule has 2 aromatic heterocycles. The second-order valence-electron chi connectivity index (χ2n) is 7.47. The maximum Gasteiger partial charge on any atom is 0.267 e. The highest BCUT2D eigenvalue weighted by atomic mass is 35.5. The quantitative estimate of drug-likeness (QED) is 0.422. The van der Waals surface area contributed by atoms with E-state index < -0.39 is 28.4 Å². The predicted octanol–water partition coefficient (Wildman–Crippen LogP) is 5.14. The van der Waals surface area contributed by atoms with Crippen molar-refractivity contribution in [3.63, 3.8) is 0 Å². The van der Waals surface area contributed by atoms with Crippen LogP contribution in [0, 0.1) is 34.6 Å². The number of hydrogen-bond donors (Lipinski definition) is 2. The van der Waals surface area contributed by atoms with Crippen LogP contribution in [-0.2, 0) is 10.0 Å². The lowest BCUT2D eigenvalue weighted by Gasteiger charge is -2.14. The Morgan fingerprint density at radius 3 is 2.42 bits per heavy atom. The summed E-state index contributed by atoms with van der Waals surface area (Å²) in [5.41, 5.74) is 2.06. The highest BCUT2D eigenvalue weighted by Crippen LogP contribution is 2.35. The largest absolute Gasteiger partial charge is 0.336 e. The summed E-state index contributed by atoms with van der Waals surface area (Å²) in [6.07, 6.45) is 0. The summed E-state index contributed by atoms with van der Waals surface area (Å²) in [4.78, 5) is 25.6. The Labute approximate surface area is 199 Å². The van der Waals surface area contributed by atoms with Crippen LogP contribution in [0.25, 0.3) is 0 Å². The van der Waals surface area contributed by atoms with E-state index in [0.717, 1.165) is 16.9 Å². The summed E-state index contributed by atoms with van der Waals surface area (Å²) < 4.78 is 46.6. The van der Waals surface area contributed by atoms with Crippen molar-refractivity contribution < 1.29 is 26.9 Å². The first-order chi connectivity index (χ1) is 15.4. The molecule has 8 nitrogen and oxygen atoms in total. The number of carbonyl (C=O) groups is 2. The number of Topliss-reactive ketones (excluding diaryl/α,β-unsaturated/α-hetero) is 1. The van der Waals surface area contributed by atoms with Gasteiger partial charge in [-0.1, -0.05) is 22.8 Å². The molecule has 1 amide bonds. The fourth-order valence-electron chi connectivity index (χ4n) is 3.27. The third-order valence-corrected chi connectivity index (χ3v) is 8.25. The lowest BCUT2D eigenvalue weighted by atomic mass is 10.0. The number of sulfonamides is 1. The minimum Gasteiger partial charge on any atom is -0.336 e. The number of amides is 1. The normalized spacial score (nSPS) is 11.5. The summed E-state index contributed by atoms with van der Waals surface area (Å²) in [5, 5.41) is 6.21. The summed E-state index contributed by atoms with van der Waals surface area (Å²) in [6, 6.07) is 3.20. The van der Waals surface area contributed by atoms with Crippen LogP contribution in [0.4, 0.5) is 16.0 Å². The van der Waals surface area contributed by atoms with E-state index >= 15 is 0 Å². The van der Waals surface area contributed by atoms with Gasteiger partial charge in [0.2, 0.25) is 0 Å². The smallest absolute Gasteiger partial charge is 0.267 e. The maximum atomic E-state index is 13.2. The number of benzene rings is 1. The van der Waals surface area contributed by atoms with E-state index in [-0.39, 0.29) is 31.9 Å². The van der Waals surface area contributed by atoms with Crippen molar-refractivity contribution in [2.45, 2.75) is 39.5 Å². The van der Waals surface area contributed by atoms with Gasteiger partial charge in [0.1, 0.15) is 20.5 Å². The van der Waals surface area contributed by atoms with Crippen LogP contribution in [0.1, 0.15) is 47.3 Å². The van der Waals surface area contributed by atoms with Gasteiger partial charge in [0, 0.05) is 10.4 Å². The number of ketones is 1. The molecule has 0 bridgehead atoms. The number of hydrogen-bond acceptors (Lipinski definition) is 7. The molecule has 1 aromatic carbocycles. The first-order valence-electron chi connectivity index (χ1n) is 9.63. The van der Waals surface area contributed by atoms with Gasteiger partial charge in [-0.2, -0.15) is 0 Å². The van der Waals surface area contributed by atoms with Gasteiger partial charge in [0.05, 0.1) is 5.69 Å². The first-order valence-corrected chi connectivity index (χ1v) is 12.3. The predicted molar refractivity (Wildman–Crippen MR) is 125 cm³/mol. The molecule has 0 atom stereocenters. The van der Waals surface area contributed by atoms with E-state index in [2.05, 4.69) is 15.2 Å². The van der Waals surface area contributed by atoms with E-state index in [0.29, 0.717) is 21.7 Å². The van der Waals surface area contributed by atoms with E-state index in [9.17, 15) is 22.4 Å². The van der Waals surface area contributed by atoms with Gasteiger partial charge in [-0.3, -0.25) is 9.59 Å². The molecule has 3 aromatic rings. The Kier molecular flexibility index (Phi) is 6.96. The van der Waals surface area contributed by atoms with Gasteiger partial charge in [-0.25, -0.2) is 17.5 Å². The van der Waals surface area contributed by atoms with Crippen LogP contribution >= 0.6 is 22.9 Å². The summed E-state index contributed by atoms with van der Waals surface area (Å²) >= 11 is 7.00. The highest BCUT2D eigenvalue weighted by molar-refractivity contribution is 7.93. The Balaban J connectivity index is 2.06. The van der Waals surface area contributed by atoms with Crippen LogP contribution in [0.5, 0.6) is 0 Å². The maximum absolute atomic E-state index is 13.2. The molecule has 0 aliphatic heterocycles. The minimum absolute atomic E-state index is 0.00108. The third kappa shape index (κ3) is 4.80. The van der Waals surface area contributed by atoms with Crippen molar-refractivity contribution in [3.05, 3.63) is 54.9 Å². The molecule has 176 valence electrons. The van der Waals surface area contributed by atoms with Gasteiger partial charge in [-0.15, -0.1) is 11.3 Å². The lowest BCUT2D eigenvalue weighted by molar-refractivity contribution is 0.0959. The van der Waals surface area contributed by atoms with Crippen LogP contribution < -0.4 is 10.0 Å². The second-order valence-corrected chi connectivity index (χ2v) is 10.7. The molecule has 0 unspecified atom stereocenters. The van der Waals surface area contributed by atoms with Crippen molar-refractivity contribution in [2.75, 3.05) is 16.7 Å². The SMILES string of the molecule is Cc1cc(C)c(NC(=O)c2sc(C)c(C)c2S(=O)(=O)Nc2onc(C)c2Cl)c(C(=O)CF)c1. The van der Waals surface area contributed by atoms with E-state index in [1.165, 1.54) is 6.07 Å². The van der Waals surface area contributed by atoms with Crippen LogP contribution in [0.2, 0.25) is 5.02 Å². The van der Waals surface area contributed by atoms with Gasteiger partial charge in [-0.05, 0) is 57.4 Å². The third-order valence-electron chi connectivity index (χ3n) is 4.96. The average Bonchev–Trinajstić information content (AvgIpc) is 3.22. The van der Waals surface area contributed by atoms with E-state index in [1.54, 1.807) is 40.7 Å². The van der Waals surface area contributed by atoms with Crippen molar-refractivity contribution in [3.8, 4) is 0 Å². The molecule has 0 aliphatic carbocycles. The number of alkyl halides is 1. The number of carbonyl (C=O) groups excluding carboxylic acids is 2. The van der Waals surface area contributed by atoms with Gasteiger partial charge >= 0.3 is 0 Å². The molecule has 0 spiro atoms. The standard InChI is InChI=1S/C21H21ClFN3O5S2/c1-9-6-10(2)17(14(7-9)15(27)8-23)24-20(28)18-19(11(3)13(5)32-18)33(29,30)26-21-16(22)12(4)25-31-21/h6-7,26H,8H2,1-5H3,(H,24,28). The molecular formula is C21H21ClFN3O5S2. The topological polar surface area (TPSA) is 118 Å². The summed E-state index contributed by atoms with van der Waals surface area (Å²) in [6.45, 7) is 6.96. The van der Waals surface area contributed by atoms with Crippen LogP contribution in [-0.4, -0.2) is 31.9 Å². The van der Waals surface area contributed by atoms with E-state index in [4.69, 9.17) is 16.1 Å². The molecule has 0 fully saturated rings. The zero-order valence-corrected chi connectivity index (χ0v) is 20.8. The Bertz CT molecular complexity index is 1380. The number of rotatable bonds is 7. The molecule has 12 heteroatoms. The van der Waals surface area contributed by atoms with Crippen molar-refractivity contribution in [1.82, 2.24) is 5.16 Å². The molecule has 2 N–H and O–H groups in total. The minimum atomic E-state index is -4.29. The zero-order chi connectivity index (χ0) is 24.7. The Morgan fingerprint density at radius 1 is 1.18 bits per heavy atom.